The molecule has 1 aromatic carbocycles. The van der Waals surface area contributed by atoms with Gasteiger partial charge in [-0.2, -0.15) is 0 Å². The predicted octanol–water partition coefficient (Wildman–Crippen LogP) is 2.45. The Kier molecular flexibility index (Phi) is 4.55. The number of aromatic nitrogens is 2. The minimum absolute atomic E-state index is 0.0393. The number of carbonyl (C=O) groups excluding carboxylic acids is 1. The fourth-order valence-corrected chi connectivity index (χ4v) is 2.98. The Bertz CT molecular complexity index is 687. The third-order valence-electron chi connectivity index (χ3n) is 4.23. The van der Waals surface area contributed by atoms with Crippen LogP contribution in [-0.4, -0.2) is 47.0 Å². The molecule has 1 fully saturated rings. The van der Waals surface area contributed by atoms with Crippen molar-refractivity contribution >= 4 is 11.6 Å². The summed E-state index contributed by atoms with van der Waals surface area (Å²) in [4.78, 5) is 25.5. The lowest BCUT2D eigenvalue weighted by atomic mass is 10.2. The third-order valence-corrected chi connectivity index (χ3v) is 4.23. The number of hydrogen-bond donors (Lipinski definition) is 0. The summed E-state index contributed by atoms with van der Waals surface area (Å²) in [5.41, 5.74) is 2.59. The molecule has 0 atom stereocenters. The highest BCUT2D eigenvalue weighted by Gasteiger charge is 2.22. The van der Waals surface area contributed by atoms with Gasteiger partial charge in [-0.1, -0.05) is 18.2 Å². The van der Waals surface area contributed by atoms with E-state index in [9.17, 15) is 4.79 Å². The van der Waals surface area contributed by atoms with Gasteiger partial charge in [-0.25, -0.2) is 9.97 Å². The highest BCUT2D eigenvalue weighted by molar-refractivity contribution is 5.95. The van der Waals surface area contributed by atoms with Gasteiger partial charge in [0, 0.05) is 38.1 Å². The first kappa shape index (κ1) is 15.5. The van der Waals surface area contributed by atoms with Gasteiger partial charge in [-0.3, -0.25) is 4.79 Å². The van der Waals surface area contributed by atoms with Gasteiger partial charge in [-0.15, -0.1) is 0 Å². The van der Waals surface area contributed by atoms with Crippen molar-refractivity contribution in [3.8, 4) is 0 Å². The standard InChI is InChI=1S/C18H22N4O/c1-14-17(13-19-15(2)20-14)18(23)22-10-6-9-21(11-12-22)16-7-4-3-5-8-16/h3-5,7-8,13H,6,9-12H2,1-2H3. The van der Waals surface area contributed by atoms with Crippen LogP contribution in [0.4, 0.5) is 5.69 Å². The molecule has 0 radical (unpaired) electrons. The molecule has 1 saturated heterocycles. The molecule has 0 unspecified atom stereocenters. The number of aryl methyl sites for hydroxylation is 2. The van der Waals surface area contributed by atoms with Crippen LogP contribution in [0.3, 0.4) is 0 Å². The van der Waals surface area contributed by atoms with Gasteiger partial charge < -0.3 is 9.80 Å². The van der Waals surface area contributed by atoms with Gasteiger partial charge in [0.1, 0.15) is 5.82 Å². The van der Waals surface area contributed by atoms with Crippen LogP contribution in [0, 0.1) is 13.8 Å². The molecule has 23 heavy (non-hydrogen) atoms. The van der Waals surface area contributed by atoms with Crippen LogP contribution in [0.2, 0.25) is 0 Å². The summed E-state index contributed by atoms with van der Waals surface area (Å²) < 4.78 is 0. The number of hydrogen-bond acceptors (Lipinski definition) is 4. The Labute approximate surface area is 137 Å². The summed E-state index contributed by atoms with van der Waals surface area (Å²) in [6.07, 6.45) is 2.62. The number of benzene rings is 1. The molecule has 2 heterocycles. The lowest BCUT2D eigenvalue weighted by molar-refractivity contribution is 0.0765. The molecule has 2 aromatic rings. The average molecular weight is 310 g/mol. The van der Waals surface area contributed by atoms with Crippen LogP contribution in [-0.2, 0) is 0 Å². The van der Waals surface area contributed by atoms with Gasteiger partial charge in [0.05, 0.1) is 11.3 Å². The SMILES string of the molecule is Cc1ncc(C(=O)N2CCCN(c3ccccc3)CC2)c(C)n1. The first-order valence-corrected chi connectivity index (χ1v) is 8.04. The Morgan fingerprint density at radius 2 is 1.83 bits per heavy atom. The van der Waals surface area contributed by atoms with Gasteiger partial charge in [-0.05, 0) is 32.4 Å². The minimum atomic E-state index is 0.0393. The quantitative estimate of drug-likeness (QED) is 0.855. The van der Waals surface area contributed by atoms with E-state index in [4.69, 9.17) is 0 Å². The van der Waals surface area contributed by atoms with Crippen LogP contribution in [0.15, 0.2) is 36.5 Å². The second kappa shape index (κ2) is 6.77. The van der Waals surface area contributed by atoms with Crippen molar-refractivity contribution in [2.75, 3.05) is 31.1 Å². The van der Waals surface area contributed by atoms with Crippen molar-refractivity contribution in [1.82, 2.24) is 14.9 Å². The molecule has 5 nitrogen and oxygen atoms in total. The summed E-state index contributed by atoms with van der Waals surface area (Å²) in [6.45, 7) is 7.02. The van der Waals surface area contributed by atoms with Crippen molar-refractivity contribution < 1.29 is 4.79 Å². The maximum Gasteiger partial charge on any atom is 0.257 e. The smallest absolute Gasteiger partial charge is 0.257 e. The number of rotatable bonds is 2. The molecule has 1 amide bonds. The van der Waals surface area contributed by atoms with E-state index >= 15 is 0 Å². The van der Waals surface area contributed by atoms with Crippen LogP contribution >= 0.6 is 0 Å². The predicted molar refractivity (Wildman–Crippen MR) is 90.7 cm³/mol. The molecular weight excluding hydrogens is 288 g/mol. The molecule has 1 aliphatic heterocycles. The molecule has 120 valence electrons. The number of para-hydroxylation sites is 1. The zero-order valence-corrected chi connectivity index (χ0v) is 13.7. The largest absolute Gasteiger partial charge is 0.370 e. The molecule has 0 aliphatic carbocycles. The summed E-state index contributed by atoms with van der Waals surface area (Å²) in [5, 5.41) is 0. The highest BCUT2D eigenvalue weighted by atomic mass is 16.2. The minimum Gasteiger partial charge on any atom is -0.370 e. The fourth-order valence-electron chi connectivity index (χ4n) is 2.98. The van der Waals surface area contributed by atoms with E-state index < -0.39 is 0 Å². The molecule has 0 bridgehead atoms. The normalized spacial score (nSPS) is 15.4. The lowest BCUT2D eigenvalue weighted by Gasteiger charge is -2.24. The first-order chi connectivity index (χ1) is 11.1. The van der Waals surface area contributed by atoms with Crippen molar-refractivity contribution in [3.63, 3.8) is 0 Å². The van der Waals surface area contributed by atoms with E-state index in [1.807, 2.05) is 24.8 Å². The second-order valence-electron chi connectivity index (χ2n) is 5.88. The maximum atomic E-state index is 12.8. The van der Waals surface area contributed by atoms with Crippen molar-refractivity contribution in [2.24, 2.45) is 0 Å². The first-order valence-electron chi connectivity index (χ1n) is 8.04. The monoisotopic (exact) mass is 310 g/mol. The van der Waals surface area contributed by atoms with Crippen molar-refractivity contribution in [1.29, 1.82) is 0 Å². The summed E-state index contributed by atoms with van der Waals surface area (Å²) in [5.74, 6) is 0.739. The molecule has 3 rings (SSSR count). The summed E-state index contributed by atoms with van der Waals surface area (Å²) in [7, 11) is 0. The third kappa shape index (κ3) is 3.50. The van der Waals surface area contributed by atoms with Gasteiger partial charge in [0.2, 0.25) is 0 Å². The molecule has 0 saturated carbocycles. The lowest BCUT2D eigenvalue weighted by Crippen LogP contribution is -2.35. The second-order valence-corrected chi connectivity index (χ2v) is 5.88. The Hall–Kier alpha value is -2.43. The molecule has 1 aromatic heterocycles. The molecule has 5 heteroatoms. The van der Waals surface area contributed by atoms with Gasteiger partial charge in [0.25, 0.3) is 5.91 Å². The van der Waals surface area contributed by atoms with Crippen molar-refractivity contribution in [2.45, 2.75) is 20.3 Å². The van der Waals surface area contributed by atoms with E-state index in [-0.39, 0.29) is 5.91 Å². The average Bonchev–Trinajstić information content (AvgIpc) is 2.81. The molecule has 0 spiro atoms. The molecule has 1 aliphatic rings. The molecular formula is C18H22N4O. The molecule has 0 N–H and O–H groups in total. The Morgan fingerprint density at radius 3 is 2.57 bits per heavy atom. The van der Waals surface area contributed by atoms with Crippen LogP contribution in [0.1, 0.15) is 28.3 Å². The van der Waals surface area contributed by atoms with E-state index in [0.29, 0.717) is 11.4 Å². The van der Waals surface area contributed by atoms with E-state index in [0.717, 1.165) is 38.3 Å². The van der Waals surface area contributed by atoms with Crippen LogP contribution in [0.5, 0.6) is 0 Å². The number of nitrogens with zero attached hydrogens (tertiary/aromatic N) is 4. The van der Waals surface area contributed by atoms with E-state index in [1.165, 1.54) is 5.69 Å². The fraction of sp³-hybridized carbons (Fsp3) is 0.389. The number of anilines is 1. The van der Waals surface area contributed by atoms with Crippen molar-refractivity contribution in [3.05, 3.63) is 53.6 Å². The summed E-state index contributed by atoms with van der Waals surface area (Å²) >= 11 is 0. The van der Waals surface area contributed by atoms with Gasteiger partial charge >= 0.3 is 0 Å². The maximum absolute atomic E-state index is 12.8. The zero-order valence-electron chi connectivity index (χ0n) is 13.7. The van der Waals surface area contributed by atoms with Crippen LogP contribution in [0.25, 0.3) is 0 Å². The zero-order chi connectivity index (χ0) is 16.2. The van der Waals surface area contributed by atoms with E-state index in [2.05, 4.69) is 39.1 Å². The topological polar surface area (TPSA) is 49.3 Å². The Balaban J connectivity index is 1.71. The van der Waals surface area contributed by atoms with E-state index in [1.54, 1.807) is 6.20 Å². The highest BCUT2D eigenvalue weighted by Crippen LogP contribution is 2.17. The Morgan fingerprint density at radius 1 is 1.04 bits per heavy atom. The van der Waals surface area contributed by atoms with Crippen LogP contribution < -0.4 is 4.90 Å². The summed E-state index contributed by atoms with van der Waals surface area (Å²) in [6, 6.07) is 10.4. The number of amides is 1. The number of carbonyl (C=O) groups is 1. The van der Waals surface area contributed by atoms with Gasteiger partial charge in [0.15, 0.2) is 0 Å².